The molecule has 0 radical (unpaired) electrons. The fourth-order valence-electron chi connectivity index (χ4n) is 2.71. The van der Waals surface area contributed by atoms with Gasteiger partial charge < -0.3 is 0 Å². The Morgan fingerprint density at radius 2 is 1.40 bits per heavy atom. The highest BCUT2D eigenvalue weighted by atomic mass is 32.2. The van der Waals surface area contributed by atoms with Crippen LogP contribution in [0.5, 0.6) is 0 Å². The second-order valence-electron chi connectivity index (χ2n) is 6.56. The lowest BCUT2D eigenvalue weighted by Gasteiger charge is -2.12. The molecule has 0 saturated carbocycles. The van der Waals surface area contributed by atoms with E-state index in [9.17, 15) is 18.0 Å². The maximum Gasteiger partial charge on any atom is 0.270 e. The molecular formula is C22H21N3O4S. The summed E-state index contributed by atoms with van der Waals surface area (Å²) in [4.78, 5) is 24.6. The van der Waals surface area contributed by atoms with Crippen LogP contribution in [-0.4, -0.2) is 20.2 Å². The van der Waals surface area contributed by atoms with E-state index < -0.39 is 21.8 Å². The first-order valence-corrected chi connectivity index (χ1v) is 10.6. The van der Waals surface area contributed by atoms with Gasteiger partial charge in [-0.25, -0.2) is 13.1 Å². The molecule has 0 fully saturated rings. The summed E-state index contributed by atoms with van der Waals surface area (Å²) < 4.78 is 27.8. The Balaban J connectivity index is 1.70. The number of carbonyl (C=O) groups excluding carboxylic acids is 2. The molecular weight excluding hydrogens is 402 g/mol. The van der Waals surface area contributed by atoms with Gasteiger partial charge in [-0.05, 0) is 42.3 Å². The van der Waals surface area contributed by atoms with Crippen LogP contribution in [0.15, 0.2) is 83.8 Å². The zero-order valence-electron chi connectivity index (χ0n) is 16.3. The van der Waals surface area contributed by atoms with Crippen LogP contribution in [-0.2, 0) is 16.6 Å². The number of nitrogens with one attached hydrogen (secondary N) is 3. The smallest absolute Gasteiger partial charge is 0.267 e. The molecule has 154 valence electrons. The number of amides is 2. The first-order valence-electron chi connectivity index (χ1n) is 9.17. The Bertz CT molecular complexity index is 1150. The number of hydrazine groups is 1. The number of carbonyl (C=O) groups is 2. The molecule has 0 unspecified atom stereocenters. The third-order valence-corrected chi connectivity index (χ3v) is 5.80. The quantitative estimate of drug-likeness (QED) is 0.530. The summed E-state index contributed by atoms with van der Waals surface area (Å²) in [7, 11) is -3.82. The predicted molar refractivity (Wildman–Crippen MR) is 113 cm³/mol. The molecule has 0 heterocycles. The van der Waals surface area contributed by atoms with Crippen LogP contribution < -0.4 is 15.6 Å². The van der Waals surface area contributed by atoms with Crippen LogP contribution in [0.4, 0.5) is 0 Å². The Kier molecular flexibility index (Phi) is 6.61. The second kappa shape index (κ2) is 9.34. The van der Waals surface area contributed by atoms with Gasteiger partial charge >= 0.3 is 0 Å². The van der Waals surface area contributed by atoms with Gasteiger partial charge in [0.2, 0.25) is 10.0 Å². The maximum absolute atomic E-state index is 12.6. The summed E-state index contributed by atoms with van der Waals surface area (Å²) in [5, 5.41) is 0. The van der Waals surface area contributed by atoms with E-state index in [1.807, 2.05) is 30.3 Å². The van der Waals surface area contributed by atoms with E-state index in [1.165, 1.54) is 12.1 Å². The van der Waals surface area contributed by atoms with Gasteiger partial charge in [0.1, 0.15) is 0 Å². The number of hydrogen-bond donors (Lipinski definition) is 3. The van der Waals surface area contributed by atoms with Crippen molar-refractivity contribution in [2.45, 2.75) is 18.4 Å². The van der Waals surface area contributed by atoms with E-state index in [0.717, 1.165) is 5.56 Å². The van der Waals surface area contributed by atoms with Crippen molar-refractivity contribution < 1.29 is 18.0 Å². The number of benzene rings is 3. The average molecular weight is 423 g/mol. The molecule has 7 nitrogen and oxygen atoms in total. The number of sulfonamides is 1. The normalized spacial score (nSPS) is 11.0. The van der Waals surface area contributed by atoms with Gasteiger partial charge in [0, 0.05) is 17.7 Å². The van der Waals surface area contributed by atoms with Crippen molar-refractivity contribution in [2.75, 3.05) is 0 Å². The van der Waals surface area contributed by atoms with Crippen LogP contribution >= 0.6 is 0 Å². The molecule has 0 saturated heterocycles. The molecule has 2 amide bonds. The van der Waals surface area contributed by atoms with Crippen molar-refractivity contribution in [2.24, 2.45) is 0 Å². The van der Waals surface area contributed by atoms with Crippen LogP contribution in [0.25, 0.3) is 0 Å². The third-order valence-electron chi connectivity index (χ3n) is 4.40. The van der Waals surface area contributed by atoms with Gasteiger partial charge in [-0.15, -0.1) is 0 Å². The monoisotopic (exact) mass is 423 g/mol. The Morgan fingerprint density at radius 3 is 2.07 bits per heavy atom. The number of aryl methyl sites for hydroxylation is 1. The molecule has 3 rings (SSSR count). The molecule has 0 bridgehead atoms. The average Bonchev–Trinajstić information content (AvgIpc) is 2.77. The minimum absolute atomic E-state index is 0.0384. The van der Waals surface area contributed by atoms with E-state index in [1.54, 1.807) is 43.3 Å². The molecule has 3 aromatic rings. The molecule has 30 heavy (non-hydrogen) atoms. The predicted octanol–water partition coefficient (Wildman–Crippen LogP) is 2.55. The van der Waals surface area contributed by atoms with Gasteiger partial charge in [-0.2, -0.15) is 0 Å². The summed E-state index contributed by atoms with van der Waals surface area (Å²) in [5.74, 6) is -1.09. The third kappa shape index (κ3) is 5.31. The van der Waals surface area contributed by atoms with Crippen LogP contribution in [0, 0.1) is 6.92 Å². The van der Waals surface area contributed by atoms with Crippen LogP contribution in [0.2, 0.25) is 0 Å². The van der Waals surface area contributed by atoms with E-state index in [4.69, 9.17) is 0 Å². The molecule has 0 aliphatic rings. The highest BCUT2D eigenvalue weighted by Gasteiger charge is 2.18. The number of rotatable bonds is 6. The van der Waals surface area contributed by atoms with Crippen LogP contribution in [0.1, 0.15) is 31.8 Å². The van der Waals surface area contributed by atoms with Crippen molar-refractivity contribution in [3.05, 3.63) is 101 Å². The minimum Gasteiger partial charge on any atom is -0.267 e. The van der Waals surface area contributed by atoms with Crippen molar-refractivity contribution >= 4 is 21.8 Å². The lowest BCUT2D eigenvalue weighted by atomic mass is 10.1. The van der Waals surface area contributed by atoms with Gasteiger partial charge in [0.25, 0.3) is 11.8 Å². The van der Waals surface area contributed by atoms with Crippen molar-refractivity contribution in [3.63, 3.8) is 0 Å². The molecule has 0 aliphatic carbocycles. The van der Waals surface area contributed by atoms with Gasteiger partial charge in [0.15, 0.2) is 0 Å². The molecule has 0 aromatic heterocycles. The standard InChI is InChI=1S/C22H21N3O4S/c1-16-12-13-19(30(28,29)23-15-17-8-4-2-5-9-17)14-20(16)22(27)25-24-21(26)18-10-6-3-7-11-18/h2-14,23H,15H2,1H3,(H,24,26)(H,25,27). The zero-order valence-corrected chi connectivity index (χ0v) is 17.1. The first-order chi connectivity index (χ1) is 14.4. The summed E-state index contributed by atoms with van der Waals surface area (Å²) in [6.07, 6.45) is 0. The largest absolute Gasteiger partial charge is 0.270 e. The molecule has 8 heteroatoms. The summed E-state index contributed by atoms with van der Waals surface area (Å²) in [6, 6.07) is 21.8. The Morgan fingerprint density at radius 1 is 0.800 bits per heavy atom. The van der Waals surface area contributed by atoms with Gasteiger partial charge in [0.05, 0.1) is 4.90 Å². The topological polar surface area (TPSA) is 104 Å². The van der Waals surface area contributed by atoms with Crippen molar-refractivity contribution in [1.82, 2.24) is 15.6 Å². The second-order valence-corrected chi connectivity index (χ2v) is 8.33. The lowest BCUT2D eigenvalue weighted by Crippen LogP contribution is -2.42. The first kappa shape index (κ1) is 21.2. The Labute approximate surface area is 175 Å². The Hall–Kier alpha value is -3.49. The van der Waals surface area contributed by atoms with E-state index in [2.05, 4.69) is 15.6 Å². The van der Waals surface area contributed by atoms with Crippen molar-refractivity contribution in [3.8, 4) is 0 Å². The molecule has 0 atom stereocenters. The summed E-state index contributed by atoms with van der Waals surface area (Å²) >= 11 is 0. The highest BCUT2D eigenvalue weighted by Crippen LogP contribution is 2.16. The summed E-state index contributed by atoms with van der Waals surface area (Å²) in [6.45, 7) is 1.81. The maximum atomic E-state index is 12.6. The number of hydrogen-bond acceptors (Lipinski definition) is 4. The molecule has 3 aromatic carbocycles. The van der Waals surface area contributed by atoms with Gasteiger partial charge in [-0.3, -0.25) is 20.4 Å². The van der Waals surface area contributed by atoms with E-state index >= 15 is 0 Å². The SMILES string of the molecule is Cc1ccc(S(=O)(=O)NCc2ccccc2)cc1C(=O)NNC(=O)c1ccccc1. The fourth-order valence-corrected chi connectivity index (χ4v) is 3.76. The van der Waals surface area contributed by atoms with Crippen molar-refractivity contribution in [1.29, 1.82) is 0 Å². The molecule has 3 N–H and O–H groups in total. The lowest BCUT2D eigenvalue weighted by molar-refractivity contribution is 0.0846. The fraction of sp³-hybridized carbons (Fsp3) is 0.0909. The highest BCUT2D eigenvalue weighted by molar-refractivity contribution is 7.89. The molecule has 0 spiro atoms. The summed E-state index contributed by atoms with van der Waals surface area (Å²) in [5.41, 5.74) is 6.56. The zero-order chi connectivity index (χ0) is 21.6. The minimum atomic E-state index is -3.82. The van der Waals surface area contributed by atoms with E-state index in [-0.39, 0.29) is 17.0 Å². The van der Waals surface area contributed by atoms with Crippen LogP contribution in [0.3, 0.4) is 0 Å². The molecule has 0 aliphatic heterocycles. The van der Waals surface area contributed by atoms with Gasteiger partial charge in [-0.1, -0.05) is 54.6 Å². The van der Waals surface area contributed by atoms with E-state index in [0.29, 0.717) is 11.1 Å².